The number of nitrogens with zero attached hydrogens (tertiary/aromatic N) is 2. The smallest absolute Gasteiger partial charge is 0.271 e. The Morgan fingerprint density at radius 2 is 1.70 bits per heavy atom. The predicted octanol–water partition coefficient (Wildman–Crippen LogP) is 6.83. The number of rotatable bonds is 8. The highest BCUT2D eigenvalue weighted by molar-refractivity contribution is 9.10. The number of hydrogen-bond donors (Lipinski definition) is 0. The lowest BCUT2D eigenvalue weighted by Crippen LogP contribution is -2.38. The molecule has 47 heavy (non-hydrogen) atoms. The number of fused-ring (bicyclic) bond motifs is 3. The van der Waals surface area contributed by atoms with Crippen molar-refractivity contribution in [3.05, 3.63) is 142 Å². The zero-order valence-electron chi connectivity index (χ0n) is 25.9. The van der Waals surface area contributed by atoms with Gasteiger partial charge in [-0.25, -0.2) is 9.38 Å². The molecule has 1 aliphatic heterocycles. The molecule has 5 aromatic rings. The molecular formula is C37H30BrFN2O5S. The molecule has 0 radical (unpaired) electrons. The molecule has 2 heterocycles. The maximum Gasteiger partial charge on any atom is 0.271 e. The van der Waals surface area contributed by atoms with Crippen molar-refractivity contribution >= 4 is 39.0 Å². The van der Waals surface area contributed by atoms with Gasteiger partial charge < -0.3 is 18.9 Å². The molecule has 10 heteroatoms. The summed E-state index contributed by atoms with van der Waals surface area (Å²) in [7, 11) is 4.76. The van der Waals surface area contributed by atoms with Crippen LogP contribution in [0.15, 0.2) is 98.7 Å². The third-order valence-corrected chi connectivity index (χ3v) is 10.0. The van der Waals surface area contributed by atoms with Crippen LogP contribution in [-0.2, 0) is 13.0 Å². The zero-order chi connectivity index (χ0) is 32.7. The quantitative estimate of drug-likeness (QED) is 0.177. The molecule has 0 saturated heterocycles. The fraction of sp³-hybridized carbons (Fsp3) is 0.189. The van der Waals surface area contributed by atoms with E-state index in [2.05, 4.69) is 34.1 Å². The van der Waals surface area contributed by atoms with E-state index in [9.17, 15) is 9.18 Å². The number of allylic oxidation sites excluding steroid dienone is 1. The second kappa shape index (κ2) is 12.8. The largest absolute Gasteiger partial charge is 0.493 e. The van der Waals surface area contributed by atoms with E-state index >= 15 is 0 Å². The Morgan fingerprint density at radius 3 is 2.49 bits per heavy atom. The van der Waals surface area contributed by atoms with E-state index in [1.807, 2.05) is 36.4 Å². The maximum atomic E-state index is 14.3. The molecule has 7 nitrogen and oxygen atoms in total. The summed E-state index contributed by atoms with van der Waals surface area (Å²) in [6.07, 6.45) is 3.47. The van der Waals surface area contributed by atoms with Crippen LogP contribution in [-0.4, -0.2) is 25.9 Å². The van der Waals surface area contributed by atoms with Gasteiger partial charge in [-0.05, 0) is 87.4 Å². The third kappa shape index (κ3) is 5.65. The number of methoxy groups -OCH3 is 3. The van der Waals surface area contributed by atoms with Crippen LogP contribution < -0.4 is 33.8 Å². The van der Waals surface area contributed by atoms with Crippen molar-refractivity contribution in [1.82, 2.24) is 4.57 Å². The van der Waals surface area contributed by atoms with Crippen molar-refractivity contribution in [2.45, 2.75) is 25.5 Å². The van der Waals surface area contributed by atoms with Crippen molar-refractivity contribution in [2.24, 2.45) is 4.99 Å². The van der Waals surface area contributed by atoms with Gasteiger partial charge in [-0.1, -0.05) is 59.9 Å². The molecule has 0 N–H and O–H groups in total. The number of aromatic nitrogens is 1. The van der Waals surface area contributed by atoms with Gasteiger partial charge in [0.2, 0.25) is 0 Å². The van der Waals surface area contributed by atoms with Crippen molar-refractivity contribution < 1.29 is 23.3 Å². The summed E-state index contributed by atoms with van der Waals surface area (Å²) in [5.74, 6) is 1.76. The Bertz CT molecular complexity index is 2240. The van der Waals surface area contributed by atoms with Crippen LogP contribution in [0.5, 0.6) is 23.0 Å². The van der Waals surface area contributed by atoms with Gasteiger partial charge in [0.15, 0.2) is 27.8 Å². The first-order valence-corrected chi connectivity index (χ1v) is 16.6. The van der Waals surface area contributed by atoms with Crippen molar-refractivity contribution in [1.29, 1.82) is 0 Å². The minimum absolute atomic E-state index is 0.0313. The monoisotopic (exact) mass is 712 g/mol. The summed E-state index contributed by atoms with van der Waals surface area (Å²) in [6, 6.07) is 23.9. The standard InChI is InChI=1S/C37H30BrFN2O5S/c1-43-29-15-13-23(19-30(29)44-2)34-26-14-12-22-8-4-6-10-25(22)33(26)40-37-41(34)36(42)32(47-37)18-21-16-27(38)35(31(17-21)45-3)46-20-24-9-5-7-11-28(24)39/h4-11,13,15-19,34H,12,14,20H2,1-3H3/b32-18-/t34-/m0/s1. The van der Waals surface area contributed by atoms with Crippen LogP contribution in [0.2, 0.25) is 0 Å². The van der Waals surface area contributed by atoms with Gasteiger partial charge in [-0.15, -0.1) is 0 Å². The van der Waals surface area contributed by atoms with E-state index in [4.69, 9.17) is 23.9 Å². The molecule has 0 bridgehead atoms. The van der Waals surface area contributed by atoms with Crippen LogP contribution in [0, 0.1) is 5.82 Å². The molecule has 0 fully saturated rings. The molecule has 2 aliphatic rings. The van der Waals surface area contributed by atoms with E-state index < -0.39 is 0 Å². The average molecular weight is 714 g/mol. The van der Waals surface area contributed by atoms with Gasteiger partial charge in [0.05, 0.1) is 42.1 Å². The molecule has 0 amide bonds. The highest BCUT2D eigenvalue weighted by Gasteiger charge is 2.33. The summed E-state index contributed by atoms with van der Waals surface area (Å²) in [4.78, 5) is 20.0. The Morgan fingerprint density at radius 1 is 0.936 bits per heavy atom. The van der Waals surface area contributed by atoms with E-state index in [-0.39, 0.29) is 24.0 Å². The molecule has 1 aliphatic carbocycles. The van der Waals surface area contributed by atoms with Crippen molar-refractivity contribution in [2.75, 3.05) is 21.3 Å². The highest BCUT2D eigenvalue weighted by Crippen LogP contribution is 2.43. The predicted molar refractivity (Wildman–Crippen MR) is 184 cm³/mol. The second-order valence-electron chi connectivity index (χ2n) is 11.1. The average Bonchev–Trinajstić information content (AvgIpc) is 3.40. The number of aryl methyl sites for hydroxylation is 1. The molecule has 1 atom stereocenters. The van der Waals surface area contributed by atoms with Crippen LogP contribution in [0.4, 0.5) is 4.39 Å². The number of hydrogen-bond acceptors (Lipinski definition) is 7. The summed E-state index contributed by atoms with van der Waals surface area (Å²) in [5.41, 5.74) is 6.28. The van der Waals surface area contributed by atoms with Crippen LogP contribution in [0.3, 0.4) is 0 Å². The summed E-state index contributed by atoms with van der Waals surface area (Å²) < 4.78 is 39.9. The van der Waals surface area contributed by atoms with E-state index in [1.165, 1.54) is 23.0 Å². The van der Waals surface area contributed by atoms with E-state index in [1.54, 1.807) is 50.2 Å². The molecule has 0 saturated carbocycles. The maximum absolute atomic E-state index is 14.3. The lowest BCUT2D eigenvalue weighted by molar-refractivity contribution is 0.278. The lowest BCUT2D eigenvalue weighted by atomic mass is 9.83. The number of benzene rings is 4. The van der Waals surface area contributed by atoms with E-state index in [0.717, 1.165) is 40.8 Å². The van der Waals surface area contributed by atoms with Crippen LogP contribution in [0.1, 0.15) is 40.3 Å². The number of halogens is 2. The van der Waals surface area contributed by atoms with Gasteiger partial charge in [0.1, 0.15) is 12.4 Å². The second-order valence-corrected chi connectivity index (χ2v) is 13.0. The Balaban J connectivity index is 1.35. The molecule has 238 valence electrons. The van der Waals surface area contributed by atoms with Crippen molar-refractivity contribution in [3.8, 4) is 23.0 Å². The minimum Gasteiger partial charge on any atom is -0.493 e. The lowest BCUT2D eigenvalue weighted by Gasteiger charge is -2.31. The van der Waals surface area contributed by atoms with Crippen molar-refractivity contribution in [3.63, 3.8) is 0 Å². The molecule has 4 aromatic carbocycles. The van der Waals surface area contributed by atoms with Crippen LogP contribution in [0.25, 0.3) is 11.8 Å². The van der Waals surface area contributed by atoms with Gasteiger partial charge in [-0.3, -0.25) is 9.36 Å². The first-order chi connectivity index (χ1) is 22.9. The Kier molecular flexibility index (Phi) is 8.46. The topological polar surface area (TPSA) is 71.3 Å². The zero-order valence-corrected chi connectivity index (χ0v) is 28.3. The first-order valence-electron chi connectivity index (χ1n) is 15.0. The minimum atomic E-state index is -0.369. The normalized spacial score (nSPS) is 15.3. The third-order valence-electron chi connectivity index (χ3n) is 8.48. The number of ether oxygens (including phenoxy) is 4. The van der Waals surface area contributed by atoms with Gasteiger partial charge in [0, 0.05) is 11.1 Å². The SMILES string of the molecule is COc1ccc([C@H]2C3=C(N=c4s/c(=C\c5cc(Br)c(OCc6ccccc6F)c(OC)c5)c(=O)n42)c2ccccc2CC3)cc1OC. The molecule has 0 spiro atoms. The Labute approximate surface area is 283 Å². The van der Waals surface area contributed by atoms with E-state index in [0.29, 0.717) is 42.4 Å². The van der Waals surface area contributed by atoms with Gasteiger partial charge in [0.25, 0.3) is 5.56 Å². The van der Waals surface area contributed by atoms with Gasteiger partial charge >= 0.3 is 0 Å². The number of thiazole rings is 1. The molecule has 1 aromatic heterocycles. The summed E-state index contributed by atoms with van der Waals surface area (Å²) in [5, 5.41) is 0. The molecule has 7 rings (SSSR count). The highest BCUT2D eigenvalue weighted by atomic mass is 79.9. The molecular weight excluding hydrogens is 683 g/mol. The fourth-order valence-corrected chi connectivity index (χ4v) is 7.80. The van der Waals surface area contributed by atoms with Crippen LogP contribution >= 0.6 is 27.3 Å². The summed E-state index contributed by atoms with van der Waals surface area (Å²) in [6.45, 7) is 0.0313. The summed E-state index contributed by atoms with van der Waals surface area (Å²) >= 11 is 4.94. The Hall–Kier alpha value is -4.67. The van der Waals surface area contributed by atoms with Gasteiger partial charge in [-0.2, -0.15) is 0 Å². The first kappa shape index (κ1) is 31.0. The molecule has 0 unspecified atom stereocenters. The fourth-order valence-electron chi connectivity index (χ4n) is 6.23.